The van der Waals surface area contributed by atoms with Gasteiger partial charge in [0.2, 0.25) is 0 Å². The first kappa shape index (κ1) is 18.7. The first-order valence-corrected chi connectivity index (χ1v) is 10.2. The fourth-order valence-electron chi connectivity index (χ4n) is 2.90. The molecule has 0 bridgehead atoms. The molecule has 0 atom stereocenters. The molecule has 2 aromatic carbocycles. The Morgan fingerprint density at radius 3 is 2.71 bits per heavy atom. The summed E-state index contributed by atoms with van der Waals surface area (Å²) in [6, 6.07) is 14.8. The van der Waals surface area contributed by atoms with Crippen LogP contribution < -0.4 is 19.7 Å². The summed E-state index contributed by atoms with van der Waals surface area (Å²) < 4.78 is 25.2. The van der Waals surface area contributed by atoms with E-state index in [0.717, 1.165) is 16.3 Å². The quantitative estimate of drug-likeness (QED) is 0.581. The van der Waals surface area contributed by atoms with Gasteiger partial charge in [-0.3, -0.25) is 0 Å². The minimum Gasteiger partial charge on any atom is -0.486 e. The molecule has 0 amide bonds. The summed E-state index contributed by atoms with van der Waals surface area (Å²) in [5.41, 5.74) is 2.09. The molecule has 1 aliphatic heterocycles. The second kappa shape index (κ2) is 8.16. The summed E-state index contributed by atoms with van der Waals surface area (Å²) in [6.07, 6.45) is 0. The van der Waals surface area contributed by atoms with Gasteiger partial charge in [0.1, 0.15) is 19.0 Å². The van der Waals surface area contributed by atoms with E-state index < -0.39 is 0 Å². The molecular formula is C21H19FN2O2S2. The molecule has 4 nitrogen and oxygen atoms in total. The standard InChI is InChI=1S/C21H19FN2O2S2/c1-14-4-5-15(11-18(14)22)23-21(27)24(13-17-3-2-10-28-17)16-6-7-19-20(12-16)26-9-8-25-19/h2-7,10-12H,8-9,13H2,1H3,(H,23,27). The minimum absolute atomic E-state index is 0.267. The molecule has 2 heterocycles. The molecule has 7 heteroatoms. The van der Waals surface area contributed by atoms with Crippen LogP contribution in [0.4, 0.5) is 15.8 Å². The summed E-state index contributed by atoms with van der Waals surface area (Å²) in [5.74, 6) is 1.16. The van der Waals surface area contributed by atoms with Gasteiger partial charge in [-0.15, -0.1) is 11.3 Å². The van der Waals surface area contributed by atoms with Crippen molar-refractivity contribution in [2.75, 3.05) is 23.4 Å². The molecule has 0 unspecified atom stereocenters. The molecule has 144 valence electrons. The number of hydrogen-bond donors (Lipinski definition) is 1. The van der Waals surface area contributed by atoms with E-state index >= 15 is 0 Å². The third kappa shape index (κ3) is 4.10. The van der Waals surface area contributed by atoms with Crippen molar-refractivity contribution in [2.45, 2.75) is 13.5 Å². The molecule has 1 aliphatic rings. The fraction of sp³-hybridized carbons (Fsp3) is 0.190. The summed E-state index contributed by atoms with van der Waals surface area (Å²) in [6.45, 7) is 3.39. The second-order valence-electron chi connectivity index (χ2n) is 6.39. The first-order valence-electron chi connectivity index (χ1n) is 8.87. The van der Waals surface area contributed by atoms with Crippen molar-refractivity contribution in [3.05, 3.63) is 70.2 Å². The molecule has 28 heavy (non-hydrogen) atoms. The second-order valence-corrected chi connectivity index (χ2v) is 7.81. The fourth-order valence-corrected chi connectivity index (χ4v) is 3.88. The van der Waals surface area contributed by atoms with Crippen molar-refractivity contribution in [2.24, 2.45) is 0 Å². The Labute approximate surface area is 172 Å². The van der Waals surface area contributed by atoms with Crippen LogP contribution >= 0.6 is 23.6 Å². The molecule has 0 spiro atoms. The zero-order valence-corrected chi connectivity index (χ0v) is 16.9. The zero-order chi connectivity index (χ0) is 19.5. The lowest BCUT2D eigenvalue weighted by molar-refractivity contribution is 0.171. The number of thiophene rings is 1. The minimum atomic E-state index is -0.267. The Bertz CT molecular complexity index is 992. The highest BCUT2D eigenvalue weighted by molar-refractivity contribution is 7.80. The van der Waals surface area contributed by atoms with Crippen molar-refractivity contribution >= 4 is 40.0 Å². The molecule has 0 aliphatic carbocycles. The predicted octanol–water partition coefficient (Wildman–Crippen LogP) is 5.37. The van der Waals surface area contributed by atoms with Gasteiger partial charge in [0.05, 0.1) is 6.54 Å². The zero-order valence-electron chi connectivity index (χ0n) is 15.3. The number of rotatable bonds is 4. The van der Waals surface area contributed by atoms with E-state index in [-0.39, 0.29) is 5.82 Å². The van der Waals surface area contributed by atoms with E-state index in [0.29, 0.717) is 41.9 Å². The molecule has 0 radical (unpaired) electrons. The Hall–Kier alpha value is -2.64. The third-order valence-electron chi connectivity index (χ3n) is 4.40. The molecular weight excluding hydrogens is 395 g/mol. The molecule has 0 saturated carbocycles. The van der Waals surface area contributed by atoms with Crippen LogP contribution in [-0.2, 0) is 6.54 Å². The lowest BCUT2D eigenvalue weighted by Gasteiger charge is -2.27. The average molecular weight is 415 g/mol. The van der Waals surface area contributed by atoms with Crippen LogP contribution in [0, 0.1) is 12.7 Å². The highest BCUT2D eigenvalue weighted by Crippen LogP contribution is 2.35. The maximum Gasteiger partial charge on any atom is 0.178 e. The van der Waals surface area contributed by atoms with E-state index in [1.165, 1.54) is 6.07 Å². The van der Waals surface area contributed by atoms with Crippen LogP contribution in [0.25, 0.3) is 0 Å². The van der Waals surface area contributed by atoms with Crippen molar-refractivity contribution in [3.8, 4) is 11.5 Å². The van der Waals surface area contributed by atoms with Crippen LogP contribution in [0.1, 0.15) is 10.4 Å². The van der Waals surface area contributed by atoms with Crippen LogP contribution in [0.5, 0.6) is 11.5 Å². The van der Waals surface area contributed by atoms with Gasteiger partial charge in [-0.25, -0.2) is 4.39 Å². The van der Waals surface area contributed by atoms with Gasteiger partial charge in [0, 0.05) is 22.3 Å². The van der Waals surface area contributed by atoms with Crippen LogP contribution in [0.3, 0.4) is 0 Å². The SMILES string of the molecule is Cc1ccc(NC(=S)N(Cc2cccs2)c2ccc3c(c2)OCCO3)cc1F. The number of benzene rings is 2. The molecule has 0 fully saturated rings. The summed E-state index contributed by atoms with van der Waals surface area (Å²) in [4.78, 5) is 3.13. The average Bonchev–Trinajstić information content (AvgIpc) is 3.22. The van der Waals surface area contributed by atoms with Gasteiger partial charge in [-0.2, -0.15) is 0 Å². The van der Waals surface area contributed by atoms with Gasteiger partial charge < -0.3 is 19.7 Å². The molecule has 3 aromatic rings. The summed E-state index contributed by atoms with van der Waals surface area (Å²) in [7, 11) is 0. The number of aryl methyl sites for hydroxylation is 1. The van der Waals surface area contributed by atoms with E-state index in [9.17, 15) is 4.39 Å². The topological polar surface area (TPSA) is 33.7 Å². The van der Waals surface area contributed by atoms with E-state index in [4.69, 9.17) is 21.7 Å². The van der Waals surface area contributed by atoms with Crippen LogP contribution in [-0.4, -0.2) is 18.3 Å². The van der Waals surface area contributed by atoms with Crippen molar-refractivity contribution < 1.29 is 13.9 Å². The number of ether oxygens (including phenoxy) is 2. The molecule has 1 aromatic heterocycles. The molecule has 0 saturated heterocycles. The maximum atomic E-state index is 13.9. The number of nitrogens with one attached hydrogen (secondary N) is 1. The Kier molecular flexibility index (Phi) is 5.45. The van der Waals surface area contributed by atoms with Gasteiger partial charge in [-0.1, -0.05) is 12.1 Å². The van der Waals surface area contributed by atoms with E-state index in [1.807, 2.05) is 40.6 Å². The predicted molar refractivity (Wildman–Crippen MR) is 115 cm³/mol. The number of fused-ring (bicyclic) bond motifs is 1. The monoisotopic (exact) mass is 414 g/mol. The lowest BCUT2D eigenvalue weighted by Crippen LogP contribution is -2.34. The number of nitrogens with zero attached hydrogens (tertiary/aromatic N) is 1. The number of anilines is 2. The normalized spacial score (nSPS) is 12.5. The lowest BCUT2D eigenvalue weighted by atomic mass is 10.2. The number of hydrogen-bond acceptors (Lipinski definition) is 4. The largest absolute Gasteiger partial charge is 0.486 e. The van der Waals surface area contributed by atoms with Gasteiger partial charge in [-0.05, 0) is 60.4 Å². The third-order valence-corrected chi connectivity index (χ3v) is 5.58. The first-order chi connectivity index (χ1) is 13.6. The Balaban J connectivity index is 1.63. The molecule has 4 rings (SSSR count). The van der Waals surface area contributed by atoms with E-state index in [1.54, 1.807) is 24.3 Å². The van der Waals surface area contributed by atoms with Gasteiger partial charge in [0.15, 0.2) is 16.6 Å². The van der Waals surface area contributed by atoms with Gasteiger partial charge >= 0.3 is 0 Å². The maximum absolute atomic E-state index is 13.9. The van der Waals surface area contributed by atoms with Crippen molar-refractivity contribution in [1.82, 2.24) is 0 Å². The Morgan fingerprint density at radius 2 is 1.96 bits per heavy atom. The van der Waals surface area contributed by atoms with Crippen molar-refractivity contribution in [3.63, 3.8) is 0 Å². The Morgan fingerprint density at radius 1 is 1.14 bits per heavy atom. The number of halogens is 1. The summed E-state index contributed by atoms with van der Waals surface area (Å²) in [5, 5.41) is 5.66. The highest BCUT2D eigenvalue weighted by Gasteiger charge is 2.18. The van der Waals surface area contributed by atoms with Crippen molar-refractivity contribution in [1.29, 1.82) is 0 Å². The number of thiocarbonyl (C=S) groups is 1. The van der Waals surface area contributed by atoms with Crippen LogP contribution in [0.2, 0.25) is 0 Å². The smallest absolute Gasteiger partial charge is 0.178 e. The summed E-state index contributed by atoms with van der Waals surface area (Å²) >= 11 is 7.33. The van der Waals surface area contributed by atoms with E-state index in [2.05, 4.69) is 11.4 Å². The highest BCUT2D eigenvalue weighted by atomic mass is 32.1. The van der Waals surface area contributed by atoms with Crippen LogP contribution in [0.15, 0.2) is 53.9 Å². The van der Waals surface area contributed by atoms with Gasteiger partial charge in [0.25, 0.3) is 0 Å². The molecule has 1 N–H and O–H groups in total.